The highest BCUT2D eigenvalue weighted by molar-refractivity contribution is 5.76. The van der Waals surface area contributed by atoms with Crippen molar-refractivity contribution in [2.75, 3.05) is 13.2 Å². The molecule has 0 aromatic heterocycles. The van der Waals surface area contributed by atoms with Gasteiger partial charge in [0, 0.05) is 25.6 Å². The number of aliphatic hydroxyl groups excluding tert-OH is 1. The third-order valence-electron chi connectivity index (χ3n) is 4.19. The first-order valence-electron chi connectivity index (χ1n) is 8.30. The molecule has 1 N–H and O–H groups in total. The van der Waals surface area contributed by atoms with Gasteiger partial charge in [-0.15, -0.1) is 6.58 Å². The topological polar surface area (TPSA) is 40.5 Å². The summed E-state index contributed by atoms with van der Waals surface area (Å²) in [5, 5.41) is 9.06. The van der Waals surface area contributed by atoms with Crippen LogP contribution in [0.4, 0.5) is 0 Å². The first-order chi connectivity index (χ1) is 9.79. The SMILES string of the molecule is C=CCCCCCC(CCCO)N1CCCCCC1=O. The number of hydrogen-bond acceptors (Lipinski definition) is 2. The van der Waals surface area contributed by atoms with E-state index in [4.69, 9.17) is 5.11 Å². The minimum atomic E-state index is 0.231. The molecule has 116 valence electrons. The third kappa shape index (κ3) is 6.56. The number of unbranched alkanes of at least 4 members (excludes halogenated alkanes) is 3. The van der Waals surface area contributed by atoms with Crippen molar-refractivity contribution in [1.29, 1.82) is 0 Å². The molecule has 20 heavy (non-hydrogen) atoms. The fourth-order valence-corrected chi connectivity index (χ4v) is 3.02. The number of rotatable bonds is 10. The van der Waals surface area contributed by atoms with Gasteiger partial charge in [0.1, 0.15) is 0 Å². The highest BCUT2D eigenvalue weighted by Gasteiger charge is 2.24. The quantitative estimate of drug-likeness (QED) is 0.490. The average Bonchev–Trinajstić information content (AvgIpc) is 2.67. The van der Waals surface area contributed by atoms with Gasteiger partial charge in [0.05, 0.1) is 0 Å². The lowest BCUT2D eigenvalue weighted by molar-refractivity contribution is -0.133. The van der Waals surface area contributed by atoms with Crippen LogP contribution >= 0.6 is 0 Å². The van der Waals surface area contributed by atoms with E-state index in [2.05, 4.69) is 11.5 Å². The summed E-state index contributed by atoms with van der Waals surface area (Å²) in [5.41, 5.74) is 0. The number of nitrogens with zero attached hydrogens (tertiary/aromatic N) is 1. The van der Waals surface area contributed by atoms with Crippen LogP contribution < -0.4 is 0 Å². The monoisotopic (exact) mass is 281 g/mol. The Kier molecular flexibility index (Phi) is 9.38. The maximum atomic E-state index is 12.2. The summed E-state index contributed by atoms with van der Waals surface area (Å²) in [4.78, 5) is 14.3. The highest BCUT2D eigenvalue weighted by Crippen LogP contribution is 2.21. The van der Waals surface area contributed by atoms with Gasteiger partial charge in [-0.05, 0) is 44.9 Å². The Hall–Kier alpha value is -0.830. The molecule has 0 spiro atoms. The Morgan fingerprint density at radius 3 is 2.70 bits per heavy atom. The van der Waals surface area contributed by atoms with E-state index in [0.29, 0.717) is 18.4 Å². The molecule has 0 radical (unpaired) electrons. The lowest BCUT2D eigenvalue weighted by Gasteiger charge is -2.31. The van der Waals surface area contributed by atoms with Crippen molar-refractivity contribution in [3.63, 3.8) is 0 Å². The van der Waals surface area contributed by atoms with Crippen LogP contribution in [0.5, 0.6) is 0 Å². The molecule has 0 bridgehead atoms. The molecule has 1 fully saturated rings. The molecule has 1 rings (SSSR count). The van der Waals surface area contributed by atoms with E-state index >= 15 is 0 Å². The summed E-state index contributed by atoms with van der Waals surface area (Å²) in [6.45, 7) is 4.90. The minimum Gasteiger partial charge on any atom is -0.396 e. The van der Waals surface area contributed by atoms with Gasteiger partial charge in [-0.2, -0.15) is 0 Å². The van der Waals surface area contributed by atoms with Crippen molar-refractivity contribution < 1.29 is 9.90 Å². The fourth-order valence-electron chi connectivity index (χ4n) is 3.02. The molecule has 1 aliphatic heterocycles. The summed E-state index contributed by atoms with van der Waals surface area (Å²) in [7, 11) is 0. The first kappa shape index (κ1) is 17.2. The zero-order chi connectivity index (χ0) is 14.6. The predicted molar refractivity (Wildman–Crippen MR) is 83.6 cm³/mol. The maximum absolute atomic E-state index is 12.2. The van der Waals surface area contributed by atoms with Crippen LogP contribution in [0.2, 0.25) is 0 Å². The molecule has 1 unspecified atom stereocenters. The number of allylic oxidation sites excluding steroid dienone is 1. The Morgan fingerprint density at radius 1 is 1.15 bits per heavy atom. The average molecular weight is 281 g/mol. The van der Waals surface area contributed by atoms with Gasteiger partial charge < -0.3 is 10.0 Å². The second-order valence-electron chi connectivity index (χ2n) is 5.84. The summed E-state index contributed by atoms with van der Waals surface area (Å²) in [6.07, 6.45) is 13.6. The van der Waals surface area contributed by atoms with Crippen LogP contribution in [-0.4, -0.2) is 35.1 Å². The second kappa shape index (κ2) is 10.9. The Bertz CT molecular complexity index is 278. The van der Waals surface area contributed by atoms with Crippen molar-refractivity contribution in [2.45, 2.75) is 76.7 Å². The van der Waals surface area contributed by atoms with Gasteiger partial charge in [0.2, 0.25) is 5.91 Å². The van der Waals surface area contributed by atoms with Crippen LogP contribution in [0.1, 0.15) is 70.6 Å². The van der Waals surface area contributed by atoms with Crippen LogP contribution in [0, 0.1) is 0 Å². The third-order valence-corrected chi connectivity index (χ3v) is 4.19. The predicted octanol–water partition coefficient (Wildman–Crippen LogP) is 3.67. The summed E-state index contributed by atoms with van der Waals surface area (Å²) < 4.78 is 0. The zero-order valence-electron chi connectivity index (χ0n) is 12.9. The molecule has 3 nitrogen and oxygen atoms in total. The number of carbonyl (C=O) groups is 1. The normalized spacial score (nSPS) is 17.9. The number of aliphatic hydroxyl groups is 1. The van der Waals surface area contributed by atoms with Gasteiger partial charge in [0.15, 0.2) is 0 Å². The van der Waals surface area contributed by atoms with Gasteiger partial charge in [-0.25, -0.2) is 0 Å². The van der Waals surface area contributed by atoms with Gasteiger partial charge in [-0.1, -0.05) is 25.3 Å². The van der Waals surface area contributed by atoms with Crippen LogP contribution in [-0.2, 0) is 4.79 Å². The second-order valence-corrected chi connectivity index (χ2v) is 5.84. The lowest BCUT2D eigenvalue weighted by atomic mass is 10.0. The maximum Gasteiger partial charge on any atom is 0.222 e. The molecule has 1 saturated heterocycles. The zero-order valence-corrected chi connectivity index (χ0v) is 12.9. The Balaban J connectivity index is 2.43. The van der Waals surface area contributed by atoms with E-state index < -0.39 is 0 Å². The van der Waals surface area contributed by atoms with E-state index in [1.807, 2.05) is 6.08 Å². The fraction of sp³-hybridized carbons (Fsp3) is 0.824. The van der Waals surface area contributed by atoms with E-state index in [1.165, 1.54) is 25.7 Å². The largest absolute Gasteiger partial charge is 0.396 e. The Labute approximate surface area is 124 Å². The summed E-state index contributed by atoms with van der Waals surface area (Å²) in [6, 6.07) is 0.344. The molecule has 1 amide bonds. The van der Waals surface area contributed by atoms with Crippen molar-refractivity contribution in [3.8, 4) is 0 Å². The van der Waals surface area contributed by atoms with Gasteiger partial charge in [-0.3, -0.25) is 4.79 Å². The van der Waals surface area contributed by atoms with Crippen LogP contribution in [0.15, 0.2) is 12.7 Å². The molecule has 1 heterocycles. The lowest BCUT2D eigenvalue weighted by Crippen LogP contribution is -2.40. The number of amides is 1. The molecule has 3 heteroatoms. The van der Waals surface area contributed by atoms with Crippen molar-refractivity contribution >= 4 is 5.91 Å². The van der Waals surface area contributed by atoms with Crippen molar-refractivity contribution in [1.82, 2.24) is 4.90 Å². The molecule has 1 aliphatic rings. The summed E-state index contributed by atoms with van der Waals surface area (Å²) >= 11 is 0. The first-order valence-corrected chi connectivity index (χ1v) is 8.30. The molecule has 0 aromatic carbocycles. The van der Waals surface area contributed by atoms with E-state index in [-0.39, 0.29) is 6.61 Å². The summed E-state index contributed by atoms with van der Waals surface area (Å²) in [5.74, 6) is 0.330. The smallest absolute Gasteiger partial charge is 0.222 e. The number of carbonyl (C=O) groups excluding carboxylic acids is 1. The Morgan fingerprint density at radius 2 is 1.95 bits per heavy atom. The van der Waals surface area contributed by atoms with Crippen LogP contribution in [0.3, 0.4) is 0 Å². The van der Waals surface area contributed by atoms with Crippen molar-refractivity contribution in [2.24, 2.45) is 0 Å². The van der Waals surface area contributed by atoms with E-state index in [9.17, 15) is 4.79 Å². The van der Waals surface area contributed by atoms with Gasteiger partial charge >= 0.3 is 0 Å². The highest BCUT2D eigenvalue weighted by atomic mass is 16.3. The van der Waals surface area contributed by atoms with Gasteiger partial charge in [0.25, 0.3) is 0 Å². The minimum absolute atomic E-state index is 0.231. The number of likely N-dealkylation sites (tertiary alicyclic amines) is 1. The molecule has 1 atom stereocenters. The molecular weight excluding hydrogens is 250 g/mol. The molecule has 0 aromatic rings. The van der Waals surface area contributed by atoms with E-state index in [1.54, 1.807) is 0 Å². The molecule has 0 aliphatic carbocycles. The number of hydrogen-bond donors (Lipinski definition) is 1. The van der Waals surface area contributed by atoms with E-state index in [0.717, 1.165) is 45.1 Å². The van der Waals surface area contributed by atoms with Crippen LogP contribution in [0.25, 0.3) is 0 Å². The molecule has 0 saturated carbocycles. The molecular formula is C17H31NO2. The standard InChI is InChI=1S/C17H31NO2/c1-2-3-4-5-7-11-16(12-10-15-19)18-14-9-6-8-13-17(18)20/h2,16,19H,1,3-15H2. The van der Waals surface area contributed by atoms with Crippen molar-refractivity contribution in [3.05, 3.63) is 12.7 Å².